The number of nitrogens with one attached hydrogen (secondary N) is 2. The Balaban J connectivity index is 1.88. The average Bonchev–Trinajstić information content (AvgIpc) is 3.13. The first-order chi connectivity index (χ1) is 15.5. The number of amides is 1. The molecule has 0 fully saturated rings. The summed E-state index contributed by atoms with van der Waals surface area (Å²) in [5.41, 5.74) is 6.42. The molecule has 8 heteroatoms. The zero-order valence-corrected chi connectivity index (χ0v) is 20.0. The van der Waals surface area contributed by atoms with Gasteiger partial charge in [-0.1, -0.05) is 41.1 Å². The Morgan fingerprint density at radius 2 is 2.00 bits per heavy atom. The molecule has 3 rings (SSSR count). The number of halogens is 1. The molecule has 0 aliphatic carbocycles. The second kappa shape index (κ2) is 11.4. The molecule has 0 saturated heterocycles. The molecule has 1 amide bonds. The maximum absolute atomic E-state index is 13.3. The fourth-order valence-corrected chi connectivity index (χ4v) is 3.88. The van der Waals surface area contributed by atoms with Crippen LogP contribution in [0.3, 0.4) is 0 Å². The Morgan fingerprint density at radius 3 is 2.69 bits per heavy atom. The number of hydrogen-bond donors (Lipinski definition) is 3. The van der Waals surface area contributed by atoms with Crippen LogP contribution in [0.1, 0.15) is 37.8 Å². The first-order valence-corrected chi connectivity index (χ1v) is 11.7. The number of carbonyl (C=O) groups excluding carboxylic acids is 1. The van der Waals surface area contributed by atoms with Gasteiger partial charge in [0.1, 0.15) is 11.9 Å². The molecule has 0 bridgehead atoms. The first kappa shape index (κ1) is 24.2. The molecular weight excluding hydrogens is 474 g/mol. The van der Waals surface area contributed by atoms with Gasteiger partial charge >= 0.3 is 0 Å². The molecule has 1 heterocycles. The normalized spacial score (nSPS) is 19.9. The summed E-state index contributed by atoms with van der Waals surface area (Å²) in [6, 6.07) is 15.2. The number of ether oxygens (including phenoxy) is 2. The average molecular weight is 504 g/mol. The number of benzene rings is 2. The Bertz CT molecular complexity index is 935. The Morgan fingerprint density at radius 1 is 1.25 bits per heavy atom. The van der Waals surface area contributed by atoms with Crippen molar-refractivity contribution in [1.29, 1.82) is 0 Å². The summed E-state index contributed by atoms with van der Waals surface area (Å²) in [5, 5.41) is 8.89. The van der Waals surface area contributed by atoms with Crippen molar-refractivity contribution in [2.75, 3.05) is 19.8 Å². The minimum Gasteiger partial charge on any atom is -0.494 e. The molecule has 0 aromatic heterocycles. The molecule has 3 N–H and O–H groups in total. The van der Waals surface area contributed by atoms with Crippen LogP contribution in [0.5, 0.6) is 5.75 Å². The molecule has 2 aromatic rings. The van der Waals surface area contributed by atoms with Crippen molar-refractivity contribution < 1.29 is 19.4 Å². The molecule has 0 unspecified atom stereocenters. The number of aliphatic hydroxyl groups is 1. The monoisotopic (exact) mass is 503 g/mol. The Hall–Kier alpha value is -2.42. The summed E-state index contributed by atoms with van der Waals surface area (Å²) in [4.78, 5) is 18.2. The molecule has 172 valence electrons. The lowest BCUT2D eigenvalue weighted by Crippen LogP contribution is -2.56. The second-order valence-corrected chi connectivity index (χ2v) is 8.55. The highest BCUT2D eigenvalue weighted by molar-refractivity contribution is 9.10. The van der Waals surface area contributed by atoms with Crippen molar-refractivity contribution in [2.24, 2.45) is 4.99 Å². The molecule has 0 radical (unpaired) electrons. The fraction of sp³-hybridized carbons (Fsp3) is 0.417. The summed E-state index contributed by atoms with van der Waals surface area (Å²) >= 11 is 3.59. The van der Waals surface area contributed by atoms with Crippen molar-refractivity contribution in [3.05, 3.63) is 64.1 Å². The van der Waals surface area contributed by atoms with Crippen LogP contribution >= 0.6 is 15.9 Å². The van der Waals surface area contributed by atoms with Crippen molar-refractivity contribution >= 4 is 27.7 Å². The van der Waals surface area contributed by atoms with Crippen LogP contribution in [0.25, 0.3) is 0 Å². The molecule has 32 heavy (non-hydrogen) atoms. The lowest BCUT2D eigenvalue weighted by atomic mass is 9.86. The van der Waals surface area contributed by atoms with E-state index in [1.807, 2.05) is 62.4 Å². The van der Waals surface area contributed by atoms with Gasteiger partial charge in [0.15, 0.2) is 5.54 Å². The van der Waals surface area contributed by atoms with Gasteiger partial charge in [-0.25, -0.2) is 10.4 Å². The van der Waals surface area contributed by atoms with E-state index in [9.17, 15) is 4.79 Å². The minimum absolute atomic E-state index is 0.0927. The van der Waals surface area contributed by atoms with Gasteiger partial charge in [-0.2, -0.15) is 0 Å². The van der Waals surface area contributed by atoms with E-state index in [4.69, 9.17) is 19.6 Å². The standard InChI is InChI=1S/C24H30BrN3O4/c1-3-13-26-28-23(30)24(16-19-7-4-5-8-21(19)25)17(2)32-22(27-24)18-9-11-20(12-10-18)31-15-6-14-29/h4-5,7-12,17,26,29H,3,6,13-16H2,1-2H3,(H,28,30)/t17-,24-/m0/s1. The summed E-state index contributed by atoms with van der Waals surface area (Å²) < 4.78 is 12.6. The Kier molecular flexibility index (Phi) is 8.67. The highest BCUT2D eigenvalue weighted by Gasteiger charge is 2.50. The fourth-order valence-electron chi connectivity index (χ4n) is 3.45. The van der Waals surface area contributed by atoms with Gasteiger partial charge in [0.25, 0.3) is 5.91 Å². The predicted molar refractivity (Wildman–Crippen MR) is 128 cm³/mol. The van der Waals surface area contributed by atoms with E-state index < -0.39 is 11.6 Å². The first-order valence-electron chi connectivity index (χ1n) is 10.9. The maximum atomic E-state index is 13.3. The third-order valence-electron chi connectivity index (χ3n) is 5.32. The van der Waals surface area contributed by atoms with E-state index >= 15 is 0 Å². The highest BCUT2D eigenvalue weighted by atomic mass is 79.9. The number of rotatable bonds is 11. The second-order valence-electron chi connectivity index (χ2n) is 7.70. The Labute approximate surface area is 197 Å². The molecular formula is C24H30BrN3O4. The number of nitrogens with zero attached hydrogens (tertiary/aromatic N) is 1. The van der Waals surface area contributed by atoms with E-state index in [-0.39, 0.29) is 12.5 Å². The zero-order chi connectivity index (χ0) is 23.0. The van der Waals surface area contributed by atoms with Crippen molar-refractivity contribution in [3.8, 4) is 5.75 Å². The summed E-state index contributed by atoms with van der Waals surface area (Å²) in [7, 11) is 0. The van der Waals surface area contributed by atoms with Crippen LogP contribution in [0, 0.1) is 0 Å². The molecule has 2 atom stereocenters. The SMILES string of the molecule is CCCNNC(=O)[C@@]1(Cc2ccccc2Br)N=C(c2ccc(OCCCO)cc2)O[C@H]1C. The molecule has 0 saturated carbocycles. The maximum Gasteiger partial charge on any atom is 0.266 e. The van der Waals surface area contributed by atoms with Gasteiger partial charge in [0, 0.05) is 36.0 Å². The lowest BCUT2D eigenvalue weighted by molar-refractivity contribution is -0.129. The number of aliphatic imine (C=N–C) groups is 1. The van der Waals surface area contributed by atoms with Gasteiger partial charge < -0.3 is 14.6 Å². The molecule has 1 aliphatic heterocycles. The van der Waals surface area contributed by atoms with Crippen LogP contribution in [0.15, 0.2) is 58.0 Å². The van der Waals surface area contributed by atoms with Gasteiger partial charge in [0.2, 0.25) is 5.90 Å². The summed E-state index contributed by atoms with van der Waals surface area (Å²) in [5.74, 6) is 0.903. The highest BCUT2D eigenvalue weighted by Crippen LogP contribution is 2.34. The smallest absolute Gasteiger partial charge is 0.266 e. The molecule has 0 spiro atoms. The van der Waals surface area contributed by atoms with Gasteiger partial charge in [-0.3, -0.25) is 10.2 Å². The van der Waals surface area contributed by atoms with Crippen LogP contribution in [-0.4, -0.2) is 48.3 Å². The largest absolute Gasteiger partial charge is 0.494 e. The number of hydrogen-bond acceptors (Lipinski definition) is 6. The van der Waals surface area contributed by atoms with Crippen molar-refractivity contribution in [2.45, 2.75) is 44.8 Å². The van der Waals surface area contributed by atoms with E-state index in [1.54, 1.807) is 0 Å². The van der Waals surface area contributed by atoms with Crippen LogP contribution < -0.4 is 15.6 Å². The van der Waals surface area contributed by atoms with E-state index in [1.165, 1.54) is 0 Å². The zero-order valence-electron chi connectivity index (χ0n) is 18.4. The minimum atomic E-state index is -1.11. The van der Waals surface area contributed by atoms with Crippen LogP contribution in [0.4, 0.5) is 0 Å². The third-order valence-corrected chi connectivity index (χ3v) is 6.10. The molecule has 2 aromatic carbocycles. The van der Waals surface area contributed by atoms with Crippen molar-refractivity contribution in [1.82, 2.24) is 10.9 Å². The van der Waals surface area contributed by atoms with E-state index in [2.05, 4.69) is 26.8 Å². The number of aliphatic hydroxyl groups excluding tert-OH is 1. The van der Waals surface area contributed by atoms with Gasteiger partial charge in [0.05, 0.1) is 6.61 Å². The van der Waals surface area contributed by atoms with Crippen LogP contribution in [0.2, 0.25) is 0 Å². The number of hydrazine groups is 1. The molecule has 7 nitrogen and oxygen atoms in total. The quantitative estimate of drug-likeness (QED) is 0.323. The summed E-state index contributed by atoms with van der Waals surface area (Å²) in [6.07, 6.45) is 1.40. The molecule has 1 aliphatic rings. The van der Waals surface area contributed by atoms with Gasteiger partial charge in [-0.05, 0) is 49.2 Å². The van der Waals surface area contributed by atoms with Crippen molar-refractivity contribution in [3.63, 3.8) is 0 Å². The lowest BCUT2D eigenvalue weighted by Gasteiger charge is -2.28. The third kappa shape index (κ3) is 5.68. The van der Waals surface area contributed by atoms with E-state index in [0.717, 1.165) is 22.0 Å². The topological polar surface area (TPSA) is 92.2 Å². The van der Waals surface area contributed by atoms with Crippen LogP contribution in [-0.2, 0) is 16.0 Å². The van der Waals surface area contributed by atoms with Gasteiger partial charge in [-0.15, -0.1) is 0 Å². The predicted octanol–water partition coefficient (Wildman–Crippen LogP) is 3.39. The summed E-state index contributed by atoms with van der Waals surface area (Å²) in [6.45, 7) is 5.12. The van der Waals surface area contributed by atoms with E-state index in [0.29, 0.717) is 37.6 Å². The number of carbonyl (C=O) groups is 1.